The van der Waals surface area contributed by atoms with E-state index in [1.54, 1.807) is 12.1 Å². The van der Waals surface area contributed by atoms with Crippen molar-refractivity contribution in [3.63, 3.8) is 0 Å². The highest BCUT2D eigenvalue weighted by molar-refractivity contribution is 5.99. The minimum Gasteiger partial charge on any atom is -0.478 e. The predicted molar refractivity (Wildman–Crippen MR) is 70.9 cm³/mol. The van der Waals surface area contributed by atoms with Gasteiger partial charge in [0.15, 0.2) is 6.29 Å². The summed E-state index contributed by atoms with van der Waals surface area (Å²) < 4.78 is 0. The van der Waals surface area contributed by atoms with E-state index in [2.05, 4.69) is 0 Å². The molecule has 0 aliphatic rings. The topological polar surface area (TPSA) is 97.5 Å². The van der Waals surface area contributed by atoms with Crippen LogP contribution in [0.3, 0.4) is 0 Å². The Balaban J connectivity index is 2.74. The number of aldehydes is 1. The highest BCUT2D eigenvalue weighted by Crippen LogP contribution is 2.29. The van der Waals surface area contributed by atoms with Crippen LogP contribution < -0.4 is 0 Å². The lowest BCUT2D eigenvalue weighted by Crippen LogP contribution is -2.01. The number of carbonyl (C=O) groups excluding carboxylic acids is 1. The predicted octanol–water partition coefficient (Wildman–Crippen LogP) is 2.77. The molecular weight excluding hydrogens is 262 g/mol. The number of carbonyl (C=O) groups is 2. The van der Waals surface area contributed by atoms with Crippen LogP contribution in [0.25, 0.3) is 11.1 Å². The van der Waals surface area contributed by atoms with Crippen molar-refractivity contribution in [2.45, 2.75) is 0 Å². The lowest BCUT2D eigenvalue weighted by molar-refractivity contribution is -0.384. The van der Waals surface area contributed by atoms with Crippen LogP contribution >= 0.6 is 0 Å². The van der Waals surface area contributed by atoms with E-state index in [1.807, 2.05) is 0 Å². The van der Waals surface area contributed by atoms with Crippen molar-refractivity contribution in [3.05, 3.63) is 63.7 Å². The molecule has 0 unspecified atom stereocenters. The molecule has 0 fully saturated rings. The van der Waals surface area contributed by atoms with Gasteiger partial charge in [0.1, 0.15) is 0 Å². The third kappa shape index (κ3) is 2.39. The fourth-order valence-electron chi connectivity index (χ4n) is 1.90. The van der Waals surface area contributed by atoms with Crippen LogP contribution in [0.1, 0.15) is 20.7 Å². The average molecular weight is 271 g/mol. The number of nitro benzene ring substituents is 1. The lowest BCUT2D eigenvalue weighted by atomic mass is 9.95. The molecule has 0 radical (unpaired) electrons. The monoisotopic (exact) mass is 271 g/mol. The summed E-state index contributed by atoms with van der Waals surface area (Å²) >= 11 is 0. The Labute approximate surface area is 113 Å². The zero-order chi connectivity index (χ0) is 14.7. The molecule has 2 aromatic carbocycles. The molecule has 0 amide bonds. The zero-order valence-electron chi connectivity index (χ0n) is 10.1. The third-order valence-electron chi connectivity index (χ3n) is 2.82. The number of nitrogens with zero attached hydrogens (tertiary/aromatic N) is 1. The average Bonchev–Trinajstić information content (AvgIpc) is 2.46. The molecule has 100 valence electrons. The molecule has 20 heavy (non-hydrogen) atoms. The maximum absolute atomic E-state index is 11.2. The highest BCUT2D eigenvalue weighted by atomic mass is 16.6. The Hall–Kier alpha value is -3.02. The second-order valence-corrected chi connectivity index (χ2v) is 4.00. The molecule has 0 atom stereocenters. The Morgan fingerprint density at radius 2 is 1.85 bits per heavy atom. The summed E-state index contributed by atoms with van der Waals surface area (Å²) in [5.41, 5.74) is 0.476. The van der Waals surface area contributed by atoms with Crippen molar-refractivity contribution in [1.82, 2.24) is 0 Å². The number of rotatable bonds is 4. The Morgan fingerprint density at radius 1 is 1.15 bits per heavy atom. The van der Waals surface area contributed by atoms with E-state index in [9.17, 15) is 19.7 Å². The summed E-state index contributed by atoms with van der Waals surface area (Å²) in [6.07, 6.45) is 0.539. The molecule has 0 aromatic heterocycles. The summed E-state index contributed by atoms with van der Waals surface area (Å²) in [6.45, 7) is 0. The van der Waals surface area contributed by atoms with Gasteiger partial charge < -0.3 is 5.11 Å². The number of hydrogen-bond acceptors (Lipinski definition) is 4. The van der Waals surface area contributed by atoms with Crippen molar-refractivity contribution in [3.8, 4) is 11.1 Å². The number of non-ortho nitro benzene ring substituents is 1. The second kappa shape index (κ2) is 5.31. The number of carboxylic acids is 1. The van der Waals surface area contributed by atoms with Gasteiger partial charge in [-0.15, -0.1) is 0 Å². The van der Waals surface area contributed by atoms with Gasteiger partial charge in [-0.25, -0.2) is 4.79 Å². The quantitative estimate of drug-likeness (QED) is 0.523. The van der Waals surface area contributed by atoms with Gasteiger partial charge in [0, 0.05) is 17.7 Å². The van der Waals surface area contributed by atoms with Crippen molar-refractivity contribution >= 4 is 17.9 Å². The van der Waals surface area contributed by atoms with Gasteiger partial charge in [-0.3, -0.25) is 14.9 Å². The van der Waals surface area contributed by atoms with Gasteiger partial charge in [-0.05, 0) is 23.3 Å². The van der Waals surface area contributed by atoms with E-state index in [0.29, 0.717) is 6.29 Å². The molecule has 1 N–H and O–H groups in total. The van der Waals surface area contributed by atoms with Crippen LogP contribution in [0.4, 0.5) is 5.69 Å². The van der Waals surface area contributed by atoms with Gasteiger partial charge in [0.25, 0.3) is 5.69 Å². The Bertz CT molecular complexity index is 708. The summed E-state index contributed by atoms with van der Waals surface area (Å²) in [5.74, 6) is -1.16. The van der Waals surface area contributed by atoms with E-state index < -0.39 is 10.9 Å². The van der Waals surface area contributed by atoms with Crippen molar-refractivity contribution in [2.75, 3.05) is 0 Å². The largest absolute Gasteiger partial charge is 0.478 e. The fraction of sp³-hybridized carbons (Fsp3) is 0. The molecule has 6 nitrogen and oxygen atoms in total. The molecule has 0 aliphatic carbocycles. The first-order chi connectivity index (χ1) is 9.54. The van der Waals surface area contributed by atoms with E-state index in [4.69, 9.17) is 5.11 Å². The SMILES string of the molecule is O=Cc1ccc([N+](=O)[O-])cc1-c1ccccc1C(=O)O. The first-order valence-corrected chi connectivity index (χ1v) is 5.61. The summed E-state index contributed by atoms with van der Waals surface area (Å²) in [6, 6.07) is 9.75. The van der Waals surface area contributed by atoms with Crippen molar-refractivity contribution in [2.24, 2.45) is 0 Å². The maximum Gasteiger partial charge on any atom is 0.336 e. The number of nitro groups is 1. The number of hydrogen-bond donors (Lipinski definition) is 1. The molecule has 2 aromatic rings. The van der Waals surface area contributed by atoms with Gasteiger partial charge in [-0.1, -0.05) is 18.2 Å². The van der Waals surface area contributed by atoms with Crippen LogP contribution in [0.15, 0.2) is 42.5 Å². The standard InChI is InChI=1S/C14H9NO5/c16-8-9-5-6-10(15(19)20)7-13(9)11-3-1-2-4-12(11)14(17)18/h1-8H,(H,17,18). The first kappa shape index (κ1) is 13.4. The summed E-state index contributed by atoms with van der Waals surface area (Å²) in [5, 5.41) is 20.0. The second-order valence-electron chi connectivity index (χ2n) is 4.00. The Morgan fingerprint density at radius 3 is 2.45 bits per heavy atom. The molecule has 2 rings (SSSR count). The molecule has 0 saturated carbocycles. The van der Waals surface area contributed by atoms with Crippen LogP contribution in [0, 0.1) is 10.1 Å². The Kier molecular flexibility index (Phi) is 3.56. The molecule has 0 bridgehead atoms. The number of carboxylic acid groups (broad SMARTS) is 1. The van der Waals surface area contributed by atoms with Gasteiger partial charge in [-0.2, -0.15) is 0 Å². The molecule has 0 heterocycles. The molecule has 0 saturated heterocycles. The minimum absolute atomic E-state index is 0.0175. The van der Waals surface area contributed by atoms with E-state index in [-0.39, 0.29) is 27.9 Å². The van der Waals surface area contributed by atoms with Crippen molar-refractivity contribution < 1.29 is 19.6 Å². The zero-order valence-corrected chi connectivity index (χ0v) is 10.1. The van der Waals surface area contributed by atoms with Crippen LogP contribution in [-0.2, 0) is 0 Å². The van der Waals surface area contributed by atoms with E-state index >= 15 is 0 Å². The van der Waals surface area contributed by atoms with E-state index in [1.165, 1.54) is 30.3 Å². The lowest BCUT2D eigenvalue weighted by Gasteiger charge is -2.08. The molecular formula is C14H9NO5. The summed E-state index contributed by atoms with van der Waals surface area (Å²) in [4.78, 5) is 32.4. The normalized spacial score (nSPS) is 10.0. The van der Waals surface area contributed by atoms with Gasteiger partial charge in [0.05, 0.1) is 10.5 Å². The van der Waals surface area contributed by atoms with Gasteiger partial charge >= 0.3 is 5.97 Å². The number of aromatic carboxylic acids is 1. The fourth-order valence-corrected chi connectivity index (χ4v) is 1.90. The van der Waals surface area contributed by atoms with Crippen LogP contribution in [0.2, 0.25) is 0 Å². The third-order valence-corrected chi connectivity index (χ3v) is 2.82. The van der Waals surface area contributed by atoms with Gasteiger partial charge in [0.2, 0.25) is 0 Å². The maximum atomic E-state index is 11.2. The molecule has 6 heteroatoms. The first-order valence-electron chi connectivity index (χ1n) is 5.61. The van der Waals surface area contributed by atoms with Crippen LogP contribution in [-0.4, -0.2) is 22.3 Å². The number of benzene rings is 2. The highest BCUT2D eigenvalue weighted by Gasteiger charge is 2.17. The van der Waals surface area contributed by atoms with E-state index in [0.717, 1.165) is 0 Å². The molecule has 0 spiro atoms. The minimum atomic E-state index is -1.16. The smallest absolute Gasteiger partial charge is 0.336 e. The molecule has 0 aliphatic heterocycles. The van der Waals surface area contributed by atoms with Crippen LogP contribution in [0.5, 0.6) is 0 Å². The van der Waals surface area contributed by atoms with Crippen molar-refractivity contribution in [1.29, 1.82) is 0 Å². The summed E-state index contributed by atoms with van der Waals surface area (Å²) in [7, 11) is 0.